The van der Waals surface area contributed by atoms with Crippen LogP contribution in [0.2, 0.25) is 0 Å². The van der Waals surface area contributed by atoms with Gasteiger partial charge in [-0.2, -0.15) is 5.26 Å². The average molecular weight is 306 g/mol. The summed E-state index contributed by atoms with van der Waals surface area (Å²) in [4.78, 5) is 6.66. The molecule has 0 saturated carbocycles. The molecule has 1 N–H and O–H groups in total. The first-order valence-electron chi connectivity index (χ1n) is 8.13. The summed E-state index contributed by atoms with van der Waals surface area (Å²) in [6.45, 7) is 5.23. The Labute approximate surface area is 137 Å². The Morgan fingerprint density at radius 2 is 2.13 bits per heavy atom. The summed E-state index contributed by atoms with van der Waals surface area (Å²) < 4.78 is 0. The number of nitriles is 1. The maximum absolute atomic E-state index is 9.04. The highest BCUT2D eigenvalue weighted by Crippen LogP contribution is 2.22. The molecule has 1 aliphatic heterocycles. The van der Waals surface area contributed by atoms with Gasteiger partial charge in [0.05, 0.1) is 11.6 Å². The van der Waals surface area contributed by atoms with E-state index in [9.17, 15) is 0 Å². The zero-order chi connectivity index (χ0) is 16.1. The SMILES string of the molecule is Cc1ccc(C#N)cc1NC1CCN(Cc2cccnc2)CC1. The molecule has 0 unspecified atom stereocenters. The van der Waals surface area contributed by atoms with Crippen LogP contribution in [0, 0.1) is 18.3 Å². The summed E-state index contributed by atoms with van der Waals surface area (Å²) in [6.07, 6.45) is 6.01. The summed E-state index contributed by atoms with van der Waals surface area (Å²) >= 11 is 0. The largest absolute Gasteiger partial charge is 0.382 e. The van der Waals surface area contributed by atoms with Crippen molar-refractivity contribution >= 4 is 5.69 Å². The first-order valence-corrected chi connectivity index (χ1v) is 8.13. The standard InChI is InChI=1S/C19H22N4/c1-15-4-5-16(12-20)11-19(15)22-18-6-9-23(10-7-18)14-17-3-2-8-21-13-17/h2-5,8,11,13,18,22H,6-7,9-10,14H2,1H3. The molecule has 4 nitrogen and oxygen atoms in total. The Hall–Kier alpha value is -2.38. The van der Waals surface area contributed by atoms with E-state index in [2.05, 4.69) is 34.3 Å². The quantitative estimate of drug-likeness (QED) is 0.941. The van der Waals surface area contributed by atoms with Gasteiger partial charge < -0.3 is 5.32 Å². The van der Waals surface area contributed by atoms with Gasteiger partial charge in [0.15, 0.2) is 0 Å². The van der Waals surface area contributed by atoms with E-state index >= 15 is 0 Å². The summed E-state index contributed by atoms with van der Waals surface area (Å²) in [7, 11) is 0. The fourth-order valence-corrected chi connectivity index (χ4v) is 3.05. The fourth-order valence-electron chi connectivity index (χ4n) is 3.05. The van der Waals surface area contributed by atoms with E-state index in [0.29, 0.717) is 11.6 Å². The van der Waals surface area contributed by atoms with Crippen LogP contribution in [0.25, 0.3) is 0 Å². The third-order valence-corrected chi connectivity index (χ3v) is 4.44. The summed E-state index contributed by atoms with van der Waals surface area (Å²) in [5.74, 6) is 0. The number of nitrogens with one attached hydrogen (secondary N) is 1. The van der Waals surface area contributed by atoms with E-state index in [0.717, 1.165) is 38.2 Å². The fraction of sp³-hybridized carbons (Fsp3) is 0.368. The van der Waals surface area contributed by atoms with Crippen molar-refractivity contribution in [2.45, 2.75) is 32.4 Å². The van der Waals surface area contributed by atoms with E-state index < -0.39 is 0 Å². The van der Waals surface area contributed by atoms with Gasteiger partial charge in [-0.3, -0.25) is 9.88 Å². The van der Waals surface area contributed by atoms with E-state index in [1.807, 2.05) is 36.7 Å². The highest BCUT2D eigenvalue weighted by molar-refractivity contribution is 5.55. The monoisotopic (exact) mass is 306 g/mol. The molecule has 1 aromatic heterocycles. The van der Waals surface area contributed by atoms with Gasteiger partial charge in [0, 0.05) is 43.8 Å². The normalized spacial score (nSPS) is 16.0. The highest BCUT2D eigenvalue weighted by Gasteiger charge is 2.19. The van der Waals surface area contributed by atoms with Crippen molar-refractivity contribution in [1.29, 1.82) is 5.26 Å². The second-order valence-electron chi connectivity index (χ2n) is 6.20. The van der Waals surface area contributed by atoms with Crippen molar-refractivity contribution in [3.8, 4) is 6.07 Å². The topological polar surface area (TPSA) is 52.0 Å². The molecule has 1 aromatic carbocycles. The van der Waals surface area contributed by atoms with Crippen LogP contribution >= 0.6 is 0 Å². The summed E-state index contributed by atoms with van der Waals surface area (Å²) in [6, 6.07) is 12.7. The highest BCUT2D eigenvalue weighted by atomic mass is 15.1. The third-order valence-electron chi connectivity index (χ3n) is 4.44. The van der Waals surface area contributed by atoms with Crippen LogP contribution in [-0.2, 0) is 6.54 Å². The maximum atomic E-state index is 9.04. The van der Waals surface area contributed by atoms with Crippen molar-refractivity contribution in [3.05, 3.63) is 59.4 Å². The predicted molar refractivity (Wildman–Crippen MR) is 92.1 cm³/mol. The molecule has 1 saturated heterocycles. The number of anilines is 1. The molecule has 2 heterocycles. The van der Waals surface area contributed by atoms with Gasteiger partial charge >= 0.3 is 0 Å². The molecule has 2 aromatic rings. The lowest BCUT2D eigenvalue weighted by Gasteiger charge is -2.33. The Morgan fingerprint density at radius 1 is 1.30 bits per heavy atom. The van der Waals surface area contributed by atoms with Gasteiger partial charge in [0.25, 0.3) is 0 Å². The van der Waals surface area contributed by atoms with Crippen LogP contribution in [0.5, 0.6) is 0 Å². The van der Waals surface area contributed by atoms with Crippen LogP contribution in [0.1, 0.15) is 29.5 Å². The second kappa shape index (κ2) is 7.26. The molecular formula is C19H22N4. The molecule has 1 aliphatic rings. The van der Waals surface area contributed by atoms with Crippen LogP contribution in [-0.4, -0.2) is 29.0 Å². The van der Waals surface area contributed by atoms with Crippen molar-refractivity contribution in [2.75, 3.05) is 18.4 Å². The Morgan fingerprint density at radius 3 is 2.83 bits per heavy atom. The van der Waals surface area contributed by atoms with Gasteiger partial charge in [-0.25, -0.2) is 0 Å². The number of likely N-dealkylation sites (tertiary alicyclic amines) is 1. The molecule has 0 bridgehead atoms. The molecule has 0 atom stereocenters. The summed E-state index contributed by atoms with van der Waals surface area (Å²) in [5.41, 5.74) is 4.28. The van der Waals surface area contributed by atoms with Crippen LogP contribution < -0.4 is 5.32 Å². The Bertz CT molecular complexity index is 682. The smallest absolute Gasteiger partial charge is 0.0992 e. The Balaban J connectivity index is 1.54. The second-order valence-corrected chi connectivity index (χ2v) is 6.20. The molecule has 23 heavy (non-hydrogen) atoms. The van der Waals surface area contributed by atoms with Crippen molar-refractivity contribution in [3.63, 3.8) is 0 Å². The summed E-state index contributed by atoms with van der Waals surface area (Å²) in [5, 5.41) is 12.7. The van der Waals surface area contributed by atoms with Gasteiger partial charge in [-0.15, -0.1) is 0 Å². The molecule has 0 radical (unpaired) electrons. The minimum Gasteiger partial charge on any atom is -0.382 e. The predicted octanol–water partition coefficient (Wildman–Crippen LogP) is 3.34. The zero-order valence-electron chi connectivity index (χ0n) is 13.5. The number of pyridine rings is 1. The van der Waals surface area contributed by atoms with Crippen molar-refractivity contribution in [2.24, 2.45) is 0 Å². The van der Waals surface area contributed by atoms with Gasteiger partial charge in [-0.1, -0.05) is 12.1 Å². The number of aryl methyl sites for hydroxylation is 1. The number of hydrogen-bond acceptors (Lipinski definition) is 4. The number of piperidine rings is 1. The van der Waals surface area contributed by atoms with E-state index in [1.54, 1.807) is 0 Å². The molecule has 0 aliphatic carbocycles. The lowest BCUT2D eigenvalue weighted by Crippen LogP contribution is -2.38. The Kier molecular flexibility index (Phi) is 4.89. The first-order chi connectivity index (χ1) is 11.2. The van der Waals surface area contributed by atoms with Gasteiger partial charge in [0.1, 0.15) is 0 Å². The zero-order valence-corrected chi connectivity index (χ0v) is 13.5. The number of aromatic nitrogens is 1. The van der Waals surface area contributed by atoms with E-state index in [-0.39, 0.29) is 0 Å². The molecule has 1 fully saturated rings. The molecule has 118 valence electrons. The number of benzene rings is 1. The lowest BCUT2D eigenvalue weighted by atomic mass is 10.0. The molecular weight excluding hydrogens is 284 g/mol. The van der Waals surface area contributed by atoms with Crippen molar-refractivity contribution in [1.82, 2.24) is 9.88 Å². The van der Waals surface area contributed by atoms with Gasteiger partial charge in [-0.05, 0) is 49.1 Å². The molecule has 4 heteroatoms. The van der Waals surface area contributed by atoms with Crippen LogP contribution in [0.4, 0.5) is 5.69 Å². The lowest BCUT2D eigenvalue weighted by molar-refractivity contribution is 0.211. The van der Waals surface area contributed by atoms with Crippen LogP contribution in [0.15, 0.2) is 42.7 Å². The molecule has 3 rings (SSSR count). The number of hydrogen-bond donors (Lipinski definition) is 1. The minimum absolute atomic E-state index is 0.479. The van der Waals surface area contributed by atoms with E-state index in [4.69, 9.17) is 5.26 Å². The first kappa shape index (κ1) is 15.5. The van der Waals surface area contributed by atoms with Gasteiger partial charge in [0.2, 0.25) is 0 Å². The number of nitrogens with zero attached hydrogens (tertiary/aromatic N) is 3. The molecule has 0 amide bonds. The van der Waals surface area contributed by atoms with Crippen molar-refractivity contribution < 1.29 is 0 Å². The number of rotatable bonds is 4. The minimum atomic E-state index is 0.479. The maximum Gasteiger partial charge on any atom is 0.0992 e. The van der Waals surface area contributed by atoms with E-state index in [1.165, 1.54) is 11.1 Å². The third kappa shape index (κ3) is 4.08. The molecule has 0 spiro atoms. The van der Waals surface area contributed by atoms with Crippen LogP contribution in [0.3, 0.4) is 0 Å². The average Bonchev–Trinajstić information content (AvgIpc) is 2.59.